The fourth-order valence-electron chi connectivity index (χ4n) is 5.73. The van der Waals surface area contributed by atoms with Crippen LogP contribution in [-0.2, 0) is 0 Å². The van der Waals surface area contributed by atoms with Gasteiger partial charge < -0.3 is 0 Å². The lowest BCUT2D eigenvalue weighted by atomic mass is 9.63. The van der Waals surface area contributed by atoms with Gasteiger partial charge in [-0.15, -0.1) is 6.58 Å². The van der Waals surface area contributed by atoms with Crippen LogP contribution >= 0.6 is 0 Å². The predicted molar refractivity (Wildman–Crippen MR) is 117 cm³/mol. The first-order valence-electron chi connectivity index (χ1n) is 11.3. The van der Waals surface area contributed by atoms with Crippen molar-refractivity contribution in [2.24, 2.45) is 17.8 Å². The summed E-state index contributed by atoms with van der Waals surface area (Å²) in [6.45, 7) is 5.23. The van der Waals surface area contributed by atoms with Gasteiger partial charge in [0.2, 0.25) is 0 Å². The van der Waals surface area contributed by atoms with Crippen LogP contribution < -0.4 is 0 Å². The number of benzene rings is 2. The number of fused-ring (bicyclic) bond motifs is 1. The van der Waals surface area contributed by atoms with E-state index in [4.69, 9.17) is 0 Å². The van der Waals surface area contributed by atoms with Crippen LogP contribution in [0.2, 0.25) is 0 Å². The van der Waals surface area contributed by atoms with E-state index in [-0.39, 0.29) is 16.7 Å². The van der Waals surface area contributed by atoms with Crippen LogP contribution in [0.25, 0.3) is 11.1 Å². The van der Waals surface area contributed by atoms with E-state index in [0.717, 1.165) is 42.6 Å². The molecule has 0 amide bonds. The lowest BCUT2D eigenvalue weighted by Crippen LogP contribution is -2.30. The van der Waals surface area contributed by atoms with Crippen LogP contribution in [0.3, 0.4) is 0 Å². The van der Waals surface area contributed by atoms with Crippen LogP contribution in [0.4, 0.5) is 13.2 Å². The molecular weight excluding hydrogens is 381 g/mol. The highest BCUT2D eigenvalue weighted by Crippen LogP contribution is 2.48. The summed E-state index contributed by atoms with van der Waals surface area (Å²) in [4.78, 5) is 0. The molecule has 4 atom stereocenters. The highest BCUT2D eigenvalue weighted by Gasteiger charge is 2.35. The number of halogens is 3. The summed E-state index contributed by atoms with van der Waals surface area (Å²) in [7, 11) is 0. The van der Waals surface area contributed by atoms with Crippen LogP contribution in [0.15, 0.2) is 43.0 Å². The van der Waals surface area contributed by atoms with E-state index in [9.17, 15) is 13.2 Å². The van der Waals surface area contributed by atoms with Crippen molar-refractivity contribution in [1.29, 1.82) is 0 Å². The Hall–Kier alpha value is -2.03. The first-order chi connectivity index (χ1) is 14.5. The molecule has 3 heteroatoms. The second-order valence-electron chi connectivity index (χ2n) is 9.38. The zero-order chi connectivity index (χ0) is 21.3. The molecule has 0 N–H and O–H groups in total. The normalized spacial score (nSPS) is 26.3. The molecule has 0 nitrogen and oxygen atoms in total. The third-order valence-electron chi connectivity index (χ3n) is 7.56. The molecule has 2 aromatic rings. The monoisotopic (exact) mass is 412 g/mol. The molecule has 2 fully saturated rings. The lowest BCUT2D eigenvalue weighted by Gasteiger charge is -2.42. The maximum absolute atomic E-state index is 14.9. The number of rotatable bonds is 5. The van der Waals surface area contributed by atoms with Gasteiger partial charge in [0.1, 0.15) is 17.5 Å². The van der Waals surface area contributed by atoms with E-state index in [1.54, 1.807) is 12.1 Å². The largest absolute Gasteiger partial charge is 0.207 e. The number of allylic oxidation sites excluding steroid dienone is 1. The SMILES string of the molecule is C=CCCC1CCC2CC(c3ccc(-c4cc(F)c(C)c(F)c4)c(F)c3)CCC2C1. The first-order valence-corrected chi connectivity index (χ1v) is 11.3. The maximum atomic E-state index is 14.9. The molecule has 0 saturated heterocycles. The highest BCUT2D eigenvalue weighted by atomic mass is 19.1. The summed E-state index contributed by atoms with van der Waals surface area (Å²) in [5.41, 5.74) is 1.50. The van der Waals surface area contributed by atoms with E-state index in [1.807, 2.05) is 12.1 Å². The summed E-state index contributed by atoms with van der Waals surface area (Å²) in [5.74, 6) is 1.09. The van der Waals surface area contributed by atoms with Crippen molar-refractivity contribution in [2.75, 3.05) is 0 Å². The minimum Gasteiger partial charge on any atom is -0.207 e. The molecule has 0 aliphatic heterocycles. The first kappa shape index (κ1) is 21.2. The van der Waals surface area contributed by atoms with Crippen LogP contribution in [0.5, 0.6) is 0 Å². The van der Waals surface area contributed by atoms with E-state index >= 15 is 0 Å². The van der Waals surface area contributed by atoms with Crippen molar-refractivity contribution in [2.45, 2.75) is 64.2 Å². The molecule has 4 unspecified atom stereocenters. The van der Waals surface area contributed by atoms with E-state index in [0.29, 0.717) is 5.92 Å². The van der Waals surface area contributed by atoms with Crippen LogP contribution in [0, 0.1) is 42.1 Å². The van der Waals surface area contributed by atoms with Crippen molar-refractivity contribution < 1.29 is 13.2 Å². The zero-order valence-electron chi connectivity index (χ0n) is 17.8. The average Bonchev–Trinajstić information content (AvgIpc) is 2.75. The minimum atomic E-state index is -0.643. The Morgan fingerprint density at radius 1 is 0.900 bits per heavy atom. The maximum Gasteiger partial charge on any atom is 0.131 e. The van der Waals surface area contributed by atoms with Gasteiger partial charge in [-0.2, -0.15) is 0 Å². The molecule has 0 aromatic heterocycles. The van der Waals surface area contributed by atoms with Gasteiger partial charge in [-0.05, 0) is 105 Å². The standard InChI is InChI=1S/C27H31F3/c1-3-4-5-18-6-7-20-13-21(9-8-19(20)12-18)22-10-11-24(27(30)14-22)23-15-25(28)17(2)26(29)16-23/h3,10-11,14-16,18-21H,1,4-9,12-13H2,2H3. The van der Waals surface area contributed by atoms with Crippen molar-refractivity contribution in [3.05, 3.63) is 71.6 Å². The predicted octanol–water partition coefficient (Wildman–Crippen LogP) is 8.35. The van der Waals surface area contributed by atoms with Gasteiger partial charge in [0.05, 0.1) is 0 Å². The van der Waals surface area contributed by atoms with Gasteiger partial charge in [-0.1, -0.05) is 24.6 Å². The van der Waals surface area contributed by atoms with Crippen LogP contribution in [-0.4, -0.2) is 0 Å². The second kappa shape index (κ2) is 8.99. The van der Waals surface area contributed by atoms with Gasteiger partial charge in [-0.25, -0.2) is 13.2 Å². The zero-order valence-corrected chi connectivity index (χ0v) is 17.8. The Balaban J connectivity index is 1.46. The smallest absolute Gasteiger partial charge is 0.131 e. The molecular formula is C27H31F3. The molecule has 2 aromatic carbocycles. The molecule has 2 aliphatic carbocycles. The van der Waals surface area contributed by atoms with E-state index in [1.165, 1.54) is 51.2 Å². The van der Waals surface area contributed by atoms with Gasteiger partial charge in [-0.3, -0.25) is 0 Å². The Morgan fingerprint density at radius 2 is 1.60 bits per heavy atom. The van der Waals surface area contributed by atoms with Gasteiger partial charge in [0.15, 0.2) is 0 Å². The molecule has 30 heavy (non-hydrogen) atoms. The Kier molecular flexibility index (Phi) is 6.36. The summed E-state index contributed by atoms with van der Waals surface area (Å²) in [5, 5.41) is 0. The van der Waals surface area contributed by atoms with Crippen molar-refractivity contribution in [3.63, 3.8) is 0 Å². The second-order valence-corrected chi connectivity index (χ2v) is 9.38. The van der Waals surface area contributed by atoms with Gasteiger partial charge >= 0.3 is 0 Å². The molecule has 0 spiro atoms. The third kappa shape index (κ3) is 4.36. The Morgan fingerprint density at radius 3 is 2.30 bits per heavy atom. The van der Waals surface area contributed by atoms with Crippen molar-refractivity contribution in [1.82, 2.24) is 0 Å². The molecule has 160 valence electrons. The summed E-state index contributed by atoms with van der Waals surface area (Å²) >= 11 is 0. The molecule has 2 aliphatic rings. The molecule has 2 saturated carbocycles. The van der Waals surface area contributed by atoms with Crippen molar-refractivity contribution in [3.8, 4) is 11.1 Å². The minimum absolute atomic E-state index is 0.0354. The summed E-state index contributed by atoms with van der Waals surface area (Å²) in [6.07, 6.45) is 11.8. The molecule has 0 heterocycles. The van der Waals surface area contributed by atoms with Gasteiger partial charge in [0.25, 0.3) is 0 Å². The number of hydrogen-bond acceptors (Lipinski definition) is 0. The number of hydrogen-bond donors (Lipinski definition) is 0. The van der Waals surface area contributed by atoms with Gasteiger partial charge in [0, 0.05) is 11.1 Å². The fraction of sp³-hybridized carbons (Fsp3) is 0.481. The quantitative estimate of drug-likeness (QED) is 0.433. The Bertz CT molecular complexity index is 893. The topological polar surface area (TPSA) is 0 Å². The third-order valence-corrected chi connectivity index (χ3v) is 7.56. The molecule has 4 rings (SSSR count). The lowest BCUT2D eigenvalue weighted by molar-refractivity contribution is 0.115. The highest BCUT2D eigenvalue weighted by molar-refractivity contribution is 5.65. The summed E-state index contributed by atoms with van der Waals surface area (Å²) in [6, 6.07) is 7.66. The molecule has 0 bridgehead atoms. The van der Waals surface area contributed by atoms with Crippen molar-refractivity contribution >= 4 is 0 Å². The molecule has 0 radical (unpaired) electrons. The average molecular weight is 413 g/mol. The fourth-order valence-corrected chi connectivity index (χ4v) is 5.73. The Labute approximate surface area is 178 Å². The summed E-state index contributed by atoms with van der Waals surface area (Å²) < 4.78 is 42.7. The van der Waals surface area contributed by atoms with Crippen LogP contribution in [0.1, 0.15) is 68.4 Å². The van der Waals surface area contributed by atoms with E-state index < -0.39 is 17.5 Å². The van der Waals surface area contributed by atoms with E-state index in [2.05, 4.69) is 6.58 Å².